The number of rotatable bonds is 6. The van der Waals surface area contributed by atoms with Gasteiger partial charge in [-0.05, 0) is 26.9 Å². The molecule has 1 saturated carbocycles. The maximum absolute atomic E-state index is 5.55. The van der Waals surface area contributed by atoms with Crippen LogP contribution in [0, 0.1) is 0 Å². The summed E-state index contributed by atoms with van der Waals surface area (Å²) in [5.74, 6) is 1.51. The summed E-state index contributed by atoms with van der Waals surface area (Å²) in [5, 5.41) is 19.4. The Kier molecular flexibility index (Phi) is 4.67. The van der Waals surface area contributed by atoms with Gasteiger partial charge in [-0.25, -0.2) is 0 Å². The zero-order valence-electron chi connectivity index (χ0n) is 13.2. The molecule has 1 N–H and O–H groups in total. The van der Waals surface area contributed by atoms with Gasteiger partial charge in [0.15, 0.2) is 5.82 Å². The van der Waals surface area contributed by atoms with Gasteiger partial charge in [0, 0.05) is 6.04 Å². The van der Waals surface area contributed by atoms with Crippen LogP contribution in [-0.4, -0.2) is 44.0 Å². The van der Waals surface area contributed by atoms with Crippen LogP contribution in [0.3, 0.4) is 0 Å². The monoisotopic (exact) mass is 305 g/mol. The van der Waals surface area contributed by atoms with Crippen LogP contribution >= 0.6 is 0 Å². The van der Waals surface area contributed by atoms with Gasteiger partial charge in [-0.15, -0.1) is 15.3 Å². The zero-order valence-corrected chi connectivity index (χ0v) is 13.2. The van der Waals surface area contributed by atoms with E-state index in [9.17, 15) is 0 Å². The smallest absolute Gasteiger partial charge is 0.315 e. The van der Waals surface area contributed by atoms with E-state index in [1.165, 1.54) is 32.1 Å². The van der Waals surface area contributed by atoms with Crippen LogP contribution in [0.2, 0.25) is 0 Å². The van der Waals surface area contributed by atoms with Crippen molar-refractivity contribution in [2.75, 3.05) is 19.4 Å². The fraction of sp³-hybridized carbons (Fsp3) is 0.714. The maximum atomic E-state index is 5.55. The van der Waals surface area contributed by atoms with Gasteiger partial charge in [0.25, 0.3) is 0 Å². The van der Waals surface area contributed by atoms with E-state index in [0.717, 1.165) is 5.82 Å². The van der Waals surface area contributed by atoms with Crippen LogP contribution in [0.15, 0.2) is 10.7 Å². The quantitative estimate of drug-likeness (QED) is 0.871. The molecule has 2 aromatic rings. The van der Waals surface area contributed by atoms with Crippen LogP contribution in [0.4, 0.5) is 6.01 Å². The fourth-order valence-corrected chi connectivity index (χ4v) is 2.87. The number of nitrogens with zero attached hydrogens (tertiary/aromatic N) is 6. The largest absolute Gasteiger partial charge is 0.407 e. The highest BCUT2D eigenvalue weighted by Crippen LogP contribution is 2.28. The van der Waals surface area contributed by atoms with Crippen molar-refractivity contribution < 1.29 is 4.42 Å². The molecule has 1 aliphatic rings. The first kappa shape index (κ1) is 15.0. The Balaban J connectivity index is 1.59. The Morgan fingerprint density at radius 3 is 2.82 bits per heavy atom. The molecular formula is C14H23N7O. The van der Waals surface area contributed by atoms with E-state index < -0.39 is 0 Å². The molecule has 0 aromatic carbocycles. The highest BCUT2D eigenvalue weighted by atomic mass is 16.4. The Morgan fingerprint density at radius 2 is 2.05 bits per heavy atom. The van der Waals surface area contributed by atoms with Crippen LogP contribution in [0.1, 0.15) is 49.9 Å². The molecule has 0 aliphatic heterocycles. The van der Waals surface area contributed by atoms with Crippen molar-refractivity contribution in [1.82, 2.24) is 29.9 Å². The predicted molar refractivity (Wildman–Crippen MR) is 81.2 cm³/mol. The molecule has 1 fully saturated rings. The molecular weight excluding hydrogens is 282 g/mol. The summed E-state index contributed by atoms with van der Waals surface area (Å²) >= 11 is 0. The van der Waals surface area contributed by atoms with Crippen molar-refractivity contribution in [3.63, 3.8) is 0 Å². The lowest BCUT2D eigenvalue weighted by Crippen LogP contribution is -2.16. The Hall–Kier alpha value is -1.96. The first-order valence-electron chi connectivity index (χ1n) is 7.82. The van der Waals surface area contributed by atoms with Crippen molar-refractivity contribution in [2.45, 2.75) is 51.2 Å². The minimum atomic E-state index is 0.426. The van der Waals surface area contributed by atoms with E-state index in [1.807, 2.05) is 25.3 Å². The molecule has 2 aromatic heterocycles. The lowest BCUT2D eigenvalue weighted by molar-refractivity contribution is 0.342. The number of anilines is 1. The lowest BCUT2D eigenvalue weighted by atomic mass is 9.95. The van der Waals surface area contributed by atoms with Gasteiger partial charge in [-0.1, -0.05) is 24.4 Å². The van der Waals surface area contributed by atoms with Crippen LogP contribution in [0.25, 0.3) is 0 Å². The molecule has 0 bridgehead atoms. The summed E-state index contributed by atoms with van der Waals surface area (Å²) in [6.45, 7) is 1.17. The Labute approximate surface area is 129 Å². The van der Waals surface area contributed by atoms with Crippen molar-refractivity contribution >= 4 is 6.01 Å². The molecule has 0 amide bonds. The number of hydrogen-bond donors (Lipinski definition) is 1. The van der Waals surface area contributed by atoms with E-state index in [2.05, 4.69) is 30.3 Å². The second-order valence-electron chi connectivity index (χ2n) is 6.04. The van der Waals surface area contributed by atoms with Crippen LogP contribution < -0.4 is 5.32 Å². The molecule has 0 atom stereocenters. The number of aromatic nitrogens is 5. The van der Waals surface area contributed by atoms with E-state index in [4.69, 9.17) is 4.42 Å². The predicted octanol–water partition coefficient (Wildman–Crippen LogP) is 1.84. The normalized spacial score (nSPS) is 16.3. The first-order chi connectivity index (χ1) is 10.7. The third-order valence-electron chi connectivity index (χ3n) is 3.93. The second kappa shape index (κ2) is 6.87. The molecule has 8 nitrogen and oxygen atoms in total. The summed E-state index contributed by atoms with van der Waals surface area (Å²) in [6.07, 6.45) is 8.15. The Morgan fingerprint density at radius 1 is 1.23 bits per heavy atom. The molecule has 22 heavy (non-hydrogen) atoms. The average Bonchev–Trinajstić information content (AvgIpc) is 3.14. The van der Waals surface area contributed by atoms with Crippen molar-refractivity contribution in [3.05, 3.63) is 18.0 Å². The molecule has 8 heteroatoms. The van der Waals surface area contributed by atoms with E-state index in [-0.39, 0.29) is 0 Å². The van der Waals surface area contributed by atoms with Gasteiger partial charge in [0.05, 0.1) is 13.1 Å². The van der Waals surface area contributed by atoms with Crippen molar-refractivity contribution in [1.29, 1.82) is 0 Å². The summed E-state index contributed by atoms with van der Waals surface area (Å²) in [4.78, 5) is 1.98. The summed E-state index contributed by atoms with van der Waals surface area (Å²) in [6, 6.07) is 0.947. The third kappa shape index (κ3) is 3.62. The summed E-state index contributed by atoms with van der Waals surface area (Å²) in [5.41, 5.74) is 0. The molecule has 2 heterocycles. The summed E-state index contributed by atoms with van der Waals surface area (Å²) < 4.78 is 7.73. The Bertz CT molecular complexity index is 586. The second-order valence-corrected chi connectivity index (χ2v) is 6.04. The van der Waals surface area contributed by atoms with Gasteiger partial charge < -0.3 is 19.2 Å². The lowest BCUT2D eigenvalue weighted by Gasteiger charge is -2.23. The van der Waals surface area contributed by atoms with E-state index in [1.54, 1.807) is 0 Å². The minimum Gasteiger partial charge on any atom is -0.407 e. The molecule has 1 aliphatic carbocycles. The summed E-state index contributed by atoms with van der Waals surface area (Å²) in [7, 11) is 3.92. The van der Waals surface area contributed by atoms with Crippen molar-refractivity contribution in [2.24, 2.45) is 0 Å². The van der Waals surface area contributed by atoms with Crippen LogP contribution in [-0.2, 0) is 13.1 Å². The third-order valence-corrected chi connectivity index (χ3v) is 3.93. The average molecular weight is 305 g/mol. The van der Waals surface area contributed by atoms with Gasteiger partial charge >= 0.3 is 6.01 Å². The minimum absolute atomic E-state index is 0.426. The standard InChI is InChI=1S/C14H23N7O/c1-20(2)9-13-18-19-14(22-13)15-8-12-17-16-10-21(12)11-6-4-3-5-7-11/h10-11H,3-9H2,1-2H3,(H,15,19). The maximum Gasteiger partial charge on any atom is 0.315 e. The van der Waals surface area contributed by atoms with Gasteiger partial charge in [0.2, 0.25) is 5.89 Å². The van der Waals surface area contributed by atoms with Gasteiger partial charge in [-0.2, -0.15) is 0 Å². The van der Waals surface area contributed by atoms with Crippen molar-refractivity contribution in [3.8, 4) is 0 Å². The highest BCUT2D eigenvalue weighted by molar-refractivity contribution is 5.17. The topological polar surface area (TPSA) is 84.9 Å². The molecule has 3 rings (SSSR count). The molecule has 0 radical (unpaired) electrons. The molecule has 0 spiro atoms. The molecule has 0 unspecified atom stereocenters. The molecule has 120 valence electrons. The van der Waals surface area contributed by atoms with Gasteiger partial charge in [0.1, 0.15) is 6.33 Å². The zero-order chi connectivity index (χ0) is 15.4. The van der Waals surface area contributed by atoms with Gasteiger partial charge in [-0.3, -0.25) is 0 Å². The number of nitrogens with one attached hydrogen (secondary N) is 1. The highest BCUT2D eigenvalue weighted by Gasteiger charge is 2.18. The van der Waals surface area contributed by atoms with Crippen LogP contribution in [0.5, 0.6) is 0 Å². The number of hydrogen-bond acceptors (Lipinski definition) is 7. The van der Waals surface area contributed by atoms with E-state index in [0.29, 0.717) is 31.0 Å². The fourth-order valence-electron chi connectivity index (χ4n) is 2.87. The molecule has 0 saturated heterocycles. The SMILES string of the molecule is CN(C)Cc1nnc(NCc2nncn2C2CCCCC2)o1. The first-order valence-corrected chi connectivity index (χ1v) is 7.82. The van der Waals surface area contributed by atoms with E-state index >= 15 is 0 Å².